The minimum absolute atomic E-state index is 0.0810. The van der Waals surface area contributed by atoms with E-state index in [0.29, 0.717) is 11.6 Å². The van der Waals surface area contributed by atoms with Gasteiger partial charge in [0.05, 0.1) is 10.9 Å². The summed E-state index contributed by atoms with van der Waals surface area (Å²) in [7, 11) is -3.73. The molecule has 1 amide bonds. The highest BCUT2D eigenvalue weighted by Gasteiger charge is 2.21. The molecule has 1 rings (SSSR count). The van der Waals surface area contributed by atoms with E-state index in [-0.39, 0.29) is 10.8 Å². The second-order valence-corrected chi connectivity index (χ2v) is 6.95. The van der Waals surface area contributed by atoms with E-state index in [1.807, 2.05) is 0 Å². The van der Waals surface area contributed by atoms with Crippen LogP contribution in [-0.4, -0.2) is 26.9 Å². The average Bonchev–Trinajstić information content (AvgIpc) is 2.43. The molecular weight excluding hydrogens is 312 g/mol. The molecule has 0 aliphatic heterocycles. The first-order valence-corrected chi connectivity index (χ1v) is 8.78. The lowest BCUT2D eigenvalue weighted by molar-refractivity contribution is -0.122. The molecule has 2 N–H and O–H groups in total. The van der Waals surface area contributed by atoms with Crippen LogP contribution in [0.25, 0.3) is 0 Å². The number of carbonyl (C=O) groups excluding carboxylic acids is 1. The first kappa shape index (κ1) is 17.9. The van der Waals surface area contributed by atoms with Crippen molar-refractivity contribution in [2.24, 2.45) is 0 Å². The molecule has 1 atom stereocenters. The van der Waals surface area contributed by atoms with Crippen molar-refractivity contribution in [2.45, 2.75) is 44.0 Å². The van der Waals surface area contributed by atoms with Crippen LogP contribution in [0.3, 0.4) is 0 Å². The fourth-order valence-electron chi connectivity index (χ4n) is 1.71. The number of halogens is 1. The number of benzene rings is 1. The molecule has 0 spiro atoms. The molecule has 0 saturated carbocycles. The van der Waals surface area contributed by atoms with Crippen LogP contribution in [0.15, 0.2) is 29.2 Å². The molecule has 0 radical (unpaired) electrons. The minimum atomic E-state index is -3.73. The van der Waals surface area contributed by atoms with Crippen molar-refractivity contribution >= 4 is 27.5 Å². The molecule has 5 nitrogen and oxygen atoms in total. The molecule has 1 aromatic carbocycles. The van der Waals surface area contributed by atoms with E-state index in [4.69, 9.17) is 11.6 Å². The largest absolute Gasteiger partial charge is 0.355 e. The minimum Gasteiger partial charge on any atom is -0.355 e. The number of nitrogens with one attached hydrogen (secondary N) is 2. The predicted molar refractivity (Wildman–Crippen MR) is 83.8 cm³/mol. The van der Waals surface area contributed by atoms with Crippen LogP contribution in [0, 0.1) is 0 Å². The van der Waals surface area contributed by atoms with Gasteiger partial charge in [0, 0.05) is 11.6 Å². The quantitative estimate of drug-likeness (QED) is 0.717. The van der Waals surface area contributed by atoms with Gasteiger partial charge in [0.2, 0.25) is 15.9 Å². The van der Waals surface area contributed by atoms with Gasteiger partial charge < -0.3 is 5.32 Å². The van der Waals surface area contributed by atoms with Gasteiger partial charge in [-0.3, -0.25) is 4.79 Å². The van der Waals surface area contributed by atoms with Crippen LogP contribution < -0.4 is 10.0 Å². The lowest BCUT2D eigenvalue weighted by Gasteiger charge is -2.14. The molecule has 0 aliphatic rings. The normalized spacial score (nSPS) is 12.9. The summed E-state index contributed by atoms with van der Waals surface area (Å²) in [5, 5.41) is 3.17. The van der Waals surface area contributed by atoms with E-state index in [1.165, 1.54) is 31.2 Å². The second kappa shape index (κ2) is 8.36. The Hall–Kier alpha value is -1.11. The molecule has 0 aliphatic carbocycles. The summed E-state index contributed by atoms with van der Waals surface area (Å²) in [4.78, 5) is 11.9. The van der Waals surface area contributed by atoms with Gasteiger partial charge >= 0.3 is 0 Å². The number of unbranched alkanes of at least 4 members (excludes halogenated alkanes) is 2. The fourth-order valence-corrected chi connectivity index (χ4v) is 3.04. The van der Waals surface area contributed by atoms with Gasteiger partial charge in [0.1, 0.15) is 0 Å². The van der Waals surface area contributed by atoms with Crippen LogP contribution >= 0.6 is 11.6 Å². The van der Waals surface area contributed by atoms with Gasteiger partial charge in [-0.15, -0.1) is 0 Å². The van der Waals surface area contributed by atoms with Crippen molar-refractivity contribution in [3.8, 4) is 0 Å². The Balaban J connectivity index is 2.58. The average molecular weight is 333 g/mol. The number of carbonyl (C=O) groups is 1. The van der Waals surface area contributed by atoms with Gasteiger partial charge in [0.15, 0.2) is 0 Å². The van der Waals surface area contributed by atoms with Crippen molar-refractivity contribution in [3.63, 3.8) is 0 Å². The fraction of sp³-hybridized carbons (Fsp3) is 0.500. The number of sulfonamides is 1. The monoisotopic (exact) mass is 332 g/mol. The topological polar surface area (TPSA) is 75.3 Å². The zero-order valence-corrected chi connectivity index (χ0v) is 13.8. The Kier molecular flexibility index (Phi) is 7.14. The summed E-state index contributed by atoms with van der Waals surface area (Å²) in [5.41, 5.74) is 0. The van der Waals surface area contributed by atoms with Gasteiger partial charge in [-0.05, 0) is 37.6 Å². The van der Waals surface area contributed by atoms with E-state index < -0.39 is 16.1 Å². The van der Waals surface area contributed by atoms with Crippen LogP contribution in [-0.2, 0) is 14.8 Å². The van der Waals surface area contributed by atoms with E-state index in [1.54, 1.807) is 0 Å². The maximum atomic E-state index is 12.1. The van der Waals surface area contributed by atoms with Crippen molar-refractivity contribution in [2.75, 3.05) is 6.54 Å². The standard InChI is InChI=1S/C14H21ClN2O3S/c1-3-4-5-10-16-14(18)11(2)17-21(19,20)13-8-6-12(15)7-9-13/h6-9,11,17H,3-5,10H2,1-2H3,(H,16,18). The van der Waals surface area contributed by atoms with E-state index >= 15 is 0 Å². The summed E-state index contributed by atoms with van der Waals surface area (Å²) in [6.07, 6.45) is 2.98. The Morgan fingerprint density at radius 3 is 2.43 bits per heavy atom. The van der Waals surface area contributed by atoms with E-state index in [9.17, 15) is 13.2 Å². The van der Waals surface area contributed by atoms with Crippen molar-refractivity contribution in [1.82, 2.24) is 10.0 Å². The first-order valence-electron chi connectivity index (χ1n) is 6.92. The number of rotatable bonds is 8. The van der Waals surface area contributed by atoms with Gasteiger partial charge in [-0.2, -0.15) is 4.72 Å². The third kappa shape index (κ3) is 6.03. The summed E-state index contributed by atoms with van der Waals surface area (Å²) in [6, 6.07) is 4.96. The maximum Gasteiger partial charge on any atom is 0.241 e. The molecule has 0 heterocycles. The molecule has 0 bridgehead atoms. The highest BCUT2D eigenvalue weighted by molar-refractivity contribution is 7.89. The molecule has 21 heavy (non-hydrogen) atoms. The molecule has 1 aromatic rings. The van der Waals surface area contributed by atoms with Crippen molar-refractivity contribution in [1.29, 1.82) is 0 Å². The van der Waals surface area contributed by atoms with E-state index in [0.717, 1.165) is 19.3 Å². The van der Waals surface area contributed by atoms with Gasteiger partial charge in [-0.1, -0.05) is 31.4 Å². The van der Waals surface area contributed by atoms with Crippen LogP contribution in [0.2, 0.25) is 5.02 Å². The third-order valence-electron chi connectivity index (χ3n) is 2.93. The maximum absolute atomic E-state index is 12.1. The molecule has 0 aromatic heterocycles. The molecule has 1 unspecified atom stereocenters. The van der Waals surface area contributed by atoms with Crippen LogP contribution in [0.4, 0.5) is 0 Å². The van der Waals surface area contributed by atoms with Gasteiger partial charge in [0.25, 0.3) is 0 Å². The molecule has 118 valence electrons. The third-order valence-corrected chi connectivity index (χ3v) is 4.74. The highest BCUT2D eigenvalue weighted by Crippen LogP contribution is 2.14. The smallest absolute Gasteiger partial charge is 0.241 e. The Bertz CT molecular complexity index is 558. The number of amides is 1. The lowest BCUT2D eigenvalue weighted by Crippen LogP contribution is -2.44. The zero-order valence-electron chi connectivity index (χ0n) is 12.2. The van der Waals surface area contributed by atoms with Crippen LogP contribution in [0.5, 0.6) is 0 Å². The molecular formula is C14H21ClN2O3S. The van der Waals surface area contributed by atoms with Crippen molar-refractivity contribution < 1.29 is 13.2 Å². The predicted octanol–water partition coefficient (Wildman–Crippen LogP) is 2.31. The summed E-state index contributed by atoms with van der Waals surface area (Å²) in [6.45, 7) is 4.15. The molecule has 0 fully saturated rings. The van der Waals surface area contributed by atoms with Crippen molar-refractivity contribution in [3.05, 3.63) is 29.3 Å². The summed E-state index contributed by atoms with van der Waals surface area (Å²) in [5.74, 6) is -0.330. The second-order valence-electron chi connectivity index (χ2n) is 4.80. The zero-order chi connectivity index (χ0) is 15.9. The molecule has 0 saturated heterocycles. The summed E-state index contributed by atoms with van der Waals surface area (Å²) < 4.78 is 26.6. The van der Waals surface area contributed by atoms with Gasteiger partial charge in [-0.25, -0.2) is 8.42 Å². The summed E-state index contributed by atoms with van der Waals surface area (Å²) >= 11 is 5.72. The van der Waals surface area contributed by atoms with Crippen LogP contribution in [0.1, 0.15) is 33.1 Å². The van der Waals surface area contributed by atoms with E-state index in [2.05, 4.69) is 17.0 Å². The Labute approximate surface area is 131 Å². The first-order chi connectivity index (χ1) is 9.86. The SMILES string of the molecule is CCCCCNC(=O)C(C)NS(=O)(=O)c1ccc(Cl)cc1. The number of hydrogen-bond donors (Lipinski definition) is 2. The lowest BCUT2D eigenvalue weighted by atomic mass is 10.2. The Morgan fingerprint density at radius 2 is 1.86 bits per heavy atom. The number of hydrogen-bond acceptors (Lipinski definition) is 3. The Morgan fingerprint density at radius 1 is 1.24 bits per heavy atom. The highest BCUT2D eigenvalue weighted by atomic mass is 35.5. The molecule has 7 heteroatoms.